The molecule has 1 amide bonds. The highest BCUT2D eigenvalue weighted by molar-refractivity contribution is 6.33. The second-order valence-corrected chi connectivity index (χ2v) is 4.73. The van der Waals surface area contributed by atoms with Crippen molar-refractivity contribution in [1.82, 2.24) is 4.90 Å². The predicted octanol–water partition coefficient (Wildman–Crippen LogP) is 2.25. The summed E-state index contributed by atoms with van der Waals surface area (Å²) < 4.78 is 0. The van der Waals surface area contributed by atoms with E-state index in [-0.39, 0.29) is 18.5 Å². The number of nitrogen functional groups attached to an aromatic ring is 1. The highest BCUT2D eigenvalue weighted by Crippen LogP contribution is 2.21. The molecule has 1 aromatic rings. The van der Waals surface area contributed by atoms with Crippen LogP contribution < -0.4 is 5.73 Å². The Hall–Kier alpha value is -1.75. The lowest BCUT2D eigenvalue weighted by molar-refractivity contribution is -0.138. The number of anilines is 1. The number of carboxylic acid groups (broad SMARTS) is 1. The van der Waals surface area contributed by atoms with Crippen molar-refractivity contribution in [3.05, 3.63) is 28.8 Å². The third kappa shape index (κ3) is 3.86. The monoisotopic (exact) mass is 284 g/mol. The van der Waals surface area contributed by atoms with E-state index in [0.29, 0.717) is 22.7 Å². The average molecular weight is 285 g/mol. The zero-order chi connectivity index (χ0) is 14.6. The third-order valence-electron chi connectivity index (χ3n) is 2.93. The number of nitrogens with zero attached hydrogens (tertiary/aromatic N) is 1. The van der Waals surface area contributed by atoms with Gasteiger partial charge in [-0.05, 0) is 31.5 Å². The van der Waals surface area contributed by atoms with Gasteiger partial charge in [-0.15, -0.1) is 0 Å². The van der Waals surface area contributed by atoms with Crippen LogP contribution in [0.4, 0.5) is 5.69 Å². The molecule has 6 heteroatoms. The standard InChI is InChI=1S/C13H17ClN2O3/c1-3-8(2)16(7-12(17)18)13(19)9-4-5-10(14)11(15)6-9/h4-6,8H,3,7,15H2,1-2H3,(H,17,18). The first-order valence-electron chi connectivity index (χ1n) is 5.94. The van der Waals surface area contributed by atoms with Crippen LogP contribution in [0.15, 0.2) is 18.2 Å². The molecule has 0 saturated heterocycles. The third-order valence-corrected chi connectivity index (χ3v) is 3.28. The summed E-state index contributed by atoms with van der Waals surface area (Å²) in [6, 6.07) is 4.36. The first-order chi connectivity index (χ1) is 8.86. The SMILES string of the molecule is CCC(C)N(CC(=O)O)C(=O)c1ccc(Cl)c(N)c1. The van der Waals surface area contributed by atoms with Crippen molar-refractivity contribution in [2.45, 2.75) is 26.3 Å². The summed E-state index contributed by atoms with van der Waals surface area (Å²) in [5, 5.41) is 9.25. The number of nitrogens with two attached hydrogens (primary N) is 1. The highest BCUT2D eigenvalue weighted by Gasteiger charge is 2.23. The highest BCUT2D eigenvalue weighted by atomic mass is 35.5. The molecule has 3 N–H and O–H groups in total. The summed E-state index contributed by atoms with van der Waals surface area (Å²) in [6.45, 7) is 3.36. The lowest BCUT2D eigenvalue weighted by atomic mass is 10.1. The molecule has 0 aromatic heterocycles. The minimum Gasteiger partial charge on any atom is -0.480 e. The Bertz CT molecular complexity index is 491. The van der Waals surface area contributed by atoms with E-state index in [0.717, 1.165) is 0 Å². The molecular formula is C13H17ClN2O3. The summed E-state index contributed by atoms with van der Waals surface area (Å²) >= 11 is 5.80. The molecule has 1 aromatic carbocycles. The van der Waals surface area contributed by atoms with Gasteiger partial charge in [0.05, 0.1) is 10.7 Å². The molecular weight excluding hydrogens is 268 g/mol. The maximum atomic E-state index is 12.3. The van der Waals surface area contributed by atoms with Gasteiger partial charge >= 0.3 is 5.97 Å². The largest absolute Gasteiger partial charge is 0.480 e. The Labute approximate surface area is 117 Å². The van der Waals surface area contributed by atoms with Crippen molar-refractivity contribution in [2.24, 2.45) is 0 Å². The fourth-order valence-corrected chi connectivity index (χ4v) is 1.75. The first-order valence-corrected chi connectivity index (χ1v) is 6.32. The minimum atomic E-state index is -1.05. The fraction of sp³-hybridized carbons (Fsp3) is 0.385. The lowest BCUT2D eigenvalue weighted by Gasteiger charge is -2.27. The smallest absolute Gasteiger partial charge is 0.323 e. The van der Waals surface area contributed by atoms with Gasteiger partial charge in [0.2, 0.25) is 0 Å². The van der Waals surface area contributed by atoms with Crippen LogP contribution in [-0.2, 0) is 4.79 Å². The van der Waals surface area contributed by atoms with Gasteiger partial charge in [0.25, 0.3) is 5.91 Å². The van der Waals surface area contributed by atoms with Crippen molar-refractivity contribution in [3.8, 4) is 0 Å². The number of aliphatic carboxylic acids is 1. The maximum Gasteiger partial charge on any atom is 0.323 e. The van der Waals surface area contributed by atoms with Crippen molar-refractivity contribution in [2.75, 3.05) is 12.3 Å². The van der Waals surface area contributed by atoms with Gasteiger partial charge in [-0.2, -0.15) is 0 Å². The molecule has 0 aliphatic heterocycles. The molecule has 1 unspecified atom stereocenters. The van der Waals surface area contributed by atoms with Crippen LogP contribution in [0.2, 0.25) is 5.02 Å². The molecule has 0 heterocycles. The summed E-state index contributed by atoms with van der Waals surface area (Å²) in [5.74, 6) is -1.41. The van der Waals surface area contributed by atoms with Gasteiger partial charge in [-0.1, -0.05) is 18.5 Å². The molecule has 0 fully saturated rings. The Kier molecular flexibility index (Phi) is 5.18. The van der Waals surface area contributed by atoms with E-state index in [2.05, 4.69) is 0 Å². The molecule has 0 aliphatic rings. The second kappa shape index (κ2) is 6.43. The zero-order valence-corrected chi connectivity index (χ0v) is 11.6. The van der Waals surface area contributed by atoms with Crippen LogP contribution in [0.3, 0.4) is 0 Å². The predicted molar refractivity (Wildman–Crippen MR) is 74.3 cm³/mol. The molecule has 0 spiro atoms. The summed E-state index contributed by atoms with van der Waals surface area (Å²) in [7, 11) is 0. The molecule has 5 nitrogen and oxygen atoms in total. The number of benzene rings is 1. The molecule has 0 aliphatic carbocycles. The summed E-state index contributed by atoms with van der Waals surface area (Å²) in [4.78, 5) is 24.5. The number of halogens is 1. The van der Waals surface area contributed by atoms with Crippen LogP contribution in [-0.4, -0.2) is 34.5 Å². The fourth-order valence-electron chi connectivity index (χ4n) is 1.64. The van der Waals surface area contributed by atoms with E-state index in [9.17, 15) is 9.59 Å². The first kappa shape index (κ1) is 15.3. The summed E-state index contributed by atoms with van der Waals surface area (Å²) in [5.41, 5.74) is 6.28. The molecule has 0 radical (unpaired) electrons. The van der Waals surface area contributed by atoms with Crippen molar-refractivity contribution < 1.29 is 14.7 Å². The van der Waals surface area contributed by atoms with Crippen LogP contribution in [0.5, 0.6) is 0 Å². The van der Waals surface area contributed by atoms with Crippen LogP contribution in [0.1, 0.15) is 30.6 Å². The van der Waals surface area contributed by atoms with E-state index in [1.54, 1.807) is 6.92 Å². The van der Waals surface area contributed by atoms with Crippen LogP contribution in [0.25, 0.3) is 0 Å². The normalized spacial score (nSPS) is 11.9. The Balaban J connectivity index is 3.04. The second-order valence-electron chi connectivity index (χ2n) is 4.32. The Morgan fingerprint density at radius 2 is 2.11 bits per heavy atom. The van der Waals surface area contributed by atoms with Gasteiger partial charge in [0.15, 0.2) is 0 Å². The van der Waals surface area contributed by atoms with Gasteiger partial charge < -0.3 is 15.7 Å². The van der Waals surface area contributed by atoms with Gasteiger partial charge in [-0.25, -0.2) is 0 Å². The number of hydrogen-bond donors (Lipinski definition) is 2. The van der Waals surface area contributed by atoms with Crippen molar-refractivity contribution >= 4 is 29.2 Å². The van der Waals surface area contributed by atoms with Crippen molar-refractivity contribution in [1.29, 1.82) is 0 Å². The van der Waals surface area contributed by atoms with E-state index < -0.39 is 5.97 Å². The van der Waals surface area contributed by atoms with Gasteiger partial charge in [-0.3, -0.25) is 9.59 Å². The molecule has 0 saturated carbocycles. The van der Waals surface area contributed by atoms with E-state index in [4.69, 9.17) is 22.4 Å². The quantitative estimate of drug-likeness (QED) is 0.812. The molecule has 19 heavy (non-hydrogen) atoms. The number of carbonyl (C=O) groups is 2. The lowest BCUT2D eigenvalue weighted by Crippen LogP contribution is -2.41. The molecule has 104 valence electrons. The van der Waals surface area contributed by atoms with Crippen LogP contribution in [0, 0.1) is 0 Å². The van der Waals surface area contributed by atoms with Crippen LogP contribution >= 0.6 is 11.6 Å². The maximum absolute atomic E-state index is 12.3. The topological polar surface area (TPSA) is 83.6 Å². The Morgan fingerprint density at radius 1 is 1.47 bits per heavy atom. The number of hydrogen-bond acceptors (Lipinski definition) is 3. The van der Waals surface area contributed by atoms with Crippen molar-refractivity contribution in [3.63, 3.8) is 0 Å². The molecule has 1 atom stereocenters. The summed E-state index contributed by atoms with van der Waals surface area (Å²) in [6.07, 6.45) is 0.669. The van der Waals surface area contributed by atoms with E-state index in [1.807, 2.05) is 6.92 Å². The zero-order valence-electron chi connectivity index (χ0n) is 10.9. The number of carbonyl (C=O) groups excluding carboxylic acids is 1. The Morgan fingerprint density at radius 3 is 2.58 bits per heavy atom. The van der Waals surface area contributed by atoms with E-state index >= 15 is 0 Å². The number of carboxylic acids is 1. The molecule has 0 bridgehead atoms. The average Bonchev–Trinajstić information content (AvgIpc) is 2.37. The minimum absolute atomic E-state index is 0.166. The molecule has 1 rings (SSSR count). The number of amides is 1. The van der Waals surface area contributed by atoms with Gasteiger partial charge in [0, 0.05) is 11.6 Å². The van der Waals surface area contributed by atoms with Gasteiger partial charge in [0.1, 0.15) is 6.54 Å². The van der Waals surface area contributed by atoms with E-state index in [1.165, 1.54) is 23.1 Å². The number of rotatable bonds is 5.